The maximum Gasteiger partial charge on any atom is 0.269 e. The highest BCUT2D eigenvalue weighted by Gasteiger charge is 2.20. The molecular weight excluding hydrogens is 214 g/mol. The van der Waals surface area contributed by atoms with E-state index in [0.29, 0.717) is 6.04 Å². The van der Waals surface area contributed by atoms with Gasteiger partial charge in [-0.25, -0.2) is 0 Å². The molecule has 94 valence electrons. The topological polar surface area (TPSA) is 49.8 Å². The molecule has 4 nitrogen and oxygen atoms in total. The van der Waals surface area contributed by atoms with Gasteiger partial charge >= 0.3 is 0 Å². The van der Waals surface area contributed by atoms with Crippen molar-refractivity contribution in [1.29, 1.82) is 0 Å². The first-order valence-electron chi connectivity index (χ1n) is 6.88. The maximum absolute atomic E-state index is 12.2. The SMILES string of the molecule is O=c1c2c([nH]n1CC1CCCCN1)CCCC2. The average Bonchev–Trinajstić information content (AvgIpc) is 2.68. The van der Waals surface area contributed by atoms with Crippen molar-refractivity contribution in [3.63, 3.8) is 0 Å². The molecule has 0 saturated carbocycles. The molecule has 2 N–H and O–H groups in total. The number of aromatic nitrogens is 2. The Kier molecular flexibility index (Phi) is 3.05. The van der Waals surface area contributed by atoms with Crippen LogP contribution in [0.4, 0.5) is 0 Å². The first-order valence-corrected chi connectivity index (χ1v) is 6.88. The number of nitrogens with one attached hydrogen (secondary N) is 2. The van der Waals surface area contributed by atoms with E-state index in [1.165, 1.54) is 37.8 Å². The van der Waals surface area contributed by atoms with Gasteiger partial charge in [0.1, 0.15) is 0 Å². The Morgan fingerprint density at radius 2 is 2.06 bits per heavy atom. The van der Waals surface area contributed by atoms with Gasteiger partial charge in [0.05, 0.1) is 6.54 Å². The third-order valence-electron chi connectivity index (χ3n) is 4.06. The van der Waals surface area contributed by atoms with Gasteiger partial charge in [0.15, 0.2) is 0 Å². The predicted molar refractivity (Wildman–Crippen MR) is 67.3 cm³/mol. The lowest BCUT2D eigenvalue weighted by Gasteiger charge is -2.23. The number of H-pyrrole nitrogens is 1. The van der Waals surface area contributed by atoms with Gasteiger partial charge in [-0.15, -0.1) is 0 Å². The Hall–Kier alpha value is -1.03. The van der Waals surface area contributed by atoms with Crippen molar-refractivity contribution in [3.05, 3.63) is 21.6 Å². The largest absolute Gasteiger partial charge is 0.312 e. The summed E-state index contributed by atoms with van der Waals surface area (Å²) in [7, 11) is 0. The molecule has 0 amide bonds. The van der Waals surface area contributed by atoms with Crippen LogP contribution in [-0.4, -0.2) is 22.4 Å². The van der Waals surface area contributed by atoms with E-state index in [-0.39, 0.29) is 5.56 Å². The van der Waals surface area contributed by atoms with Crippen molar-refractivity contribution in [3.8, 4) is 0 Å². The Morgan fingerprint density at radius 3 is 2.82 bits per heavy atom. The molecule has 0 bridgehead atoms. The van der Waals surface area contributed by atoms with Crippen LogP contribution in [0.3, 0.4) is 0 Å². The second kappa shape index (κ2) is 4.69. The molecule has 0 spiro atoms. The number of rotatable bonds is 2. The van der Waals surface area contributed by atoms with E-state index in [0.717, 1.165) is 31.5 Å². The first-order chi connectivity index (χ1) is 8.34. The standard InChI is InChI=1S/C13H21N3O/c17-13-11-6-1-2-7-12(11)15-16(13)9-10-5-3-4-8-14-10/h10,14-15H,1-9H2. The van der Waals surface area contributed by atoms with Gasteiger partial charge < -0.3 is 5.32 Å². The Morgan fingerprint density at radius 1 is 1.18 bits per heavy atom. The molecule has 1 atom stereocenters. The quantitative estimate of drug-likeness (QED) is 0.809. The van der Waals surface area contributed by atoms with Gasteiger partial charge in [0.25, 0.3) is 5.56 Å². The van der Waals surface area contributed by atoms with Crippen LogP contribution in [0.1, 0.15) is 43.4 Å². The summed E-state index contributed by atoms with van der Waals surface area (Å²) < 4.78 is 1.83. The van der Waals surface area contributed by atoms with Crippen LogP contribution in [0, 0.1) is 0 Å². The zero-order valence-corrected chi connectivity index (χ0v) is 10.3. The molecule has 2 aliphatic rings. The molecule has 1 aliphatic carbocycles. The van der Waals surface area contributed by atoms with Crippen LogP contribution >= 0.6 is 0 Å². The summed E-state index contributed by atoms with van der Waals surface area (Å²) in [5.74, 6) is 0. The molecule has 1 aliphatic heterocycles. The predicted octanol–water partition coefficient (Wildman–Crippen LogP) is 1.20. The van der Waals surface area contributed by atoms with Gasteiger partial charge in [0.2, 0.25) is 0 Å². The van der Waals surface area contributed by atoms with Crippen molar-refractivity contribution >= 4 is 0 Å². The van der Waals surface area contributed by atoms with Crippen molar-refractivity contribution in [1.82, 2.24) is 15.1 Å². The molecule has 1 aromatic rings. The zero-order valence-electron chi connectivity index (χ0n) is 10.3. The minimum absolute atomic E-state index is 0.229. The normalized spacial score (nSPS) is 24.6. The summed E-state index contributed by atoms with van der Waals surface area (Å²) in [6.07, 6.45) is 8.15. The number of hydrogen-bond acceptors (Lipinski definition) is 2. The second-order valence-corrected chi connectivity index (χ2v) is 5.34. The summed E-state index contributed by atoms with van der Waals surface area (Å²) >= 11 is 0. The molecule has 4 heteroatoms. The molecule has 1 unspecified atom stereocenters. The van der Waals surface area contributed by atoms with Gasteiger partial charge in [-0.05, 0) is 45.1 Å². The number of fused-ring (bicyclic) bond motifs is 1. The summed E-state index contributed by atoms with van der Waals surface area (Å²) in [5.41, 5.74) is 2.47. The van der Waals surface area contributed by atoms with E-state index in [9.17, 15) is 4.79 Å². The molecule has 17 heavy (non-hydrogen) atoms. The van der Waals surface area contributed by atoms with Crippen molar-refractivity contribution in [2.75, 3.05) is 6.54 Å². The lowest BCUT2D eigenvalue weighted by atomic mass is 9.98. The number of aryl methyl sites for hydroxylation is 1. The fraction of sp³-hybridized carbons (Fsp3) is 0.769. The smallest absolute Gasteiger partial charge is 0.269 e. The highest BCUT2D eigenvalue weighted by atomic mass is 16.1. The van der Waals surface area contributed by atoms with E-state index in [1.54, 1.807) is 0 Å². The van der Waals surface area contributed by atoms with Gasteiger partial charge in [-0.2, -0.15) is 0 Å². The number of piperidine rings is 1. The van der Waals surface area contributed by atoms with Crippen LogP contribution in [0.15, 0.2) is 4.79 Å². The van der Waals surface area contributed by atoms with E-state index in [2.05, 4.69) is 10.4 Å². The fourth-order valence-electron chi connectivity index (χ4n) is 3.07. The fourth-order valence-corrected chi connectivity index (χ4v) is 3.07. The highest BCUT2D eigenvalue weighted by molar-refractivity contribution is 5.20. The van der Waals surface area contributed by atoms with Crippen LogP contribution in [0.2, 0.25) is 0 Å². The molecule has 2 heterocycles. The van der Waals surface area contributed by atoms with E-state index < -0.39 is 0 Å². The summed E-state index contributed by atoms with van der Waals surface area (Å²) in [6.45, 7) is 1.91. The lowest BCUT2D eigenvalue weighted by molar-refractivity contribution is 0.347. The summed E-state index contributed by atoms with van der Waals surface area (Å²) in [5, 5.41) is 6.81. The molecular formula is C13H21N3O. The molecule has 1 aromatic heterocycles. The first kappa shape index (κ1) is 11.1. The van der Waals surface area contributed by atoms with Crippen LogP contribution in [0.5, 0.6) is 0 Å². The third-order valence-corrected chi connectivity index (χ3v) is 4.06. The monoisotopic (exact) mass is 235 g/mol. The molecule has 1 fully saturated rings. The molecule has 0 aromatic carbocycles. The Labute approximate surface area is 101 Å². The number of hydrogen-bond donors (Lipinski definition) is 2. The molecule has 0 radical (unpaired) electrons. The maximum atomic E-state index is 12.2. The average molecular weight is 235 g/mol. The number of nitrogens with zero attached hydrogens (tertiary/aromatic N) is 1. The minimum Gasteiger partial charge on any atom is -0.312 e. The second-order valence-electron chi connectivity index (χ2n) is 5.34. The molecule has 1 saturated heterocycles. The summed E-state index contributed by atoms with van der Waals surface area (Å²) in [4.78, 5) is 12.2. The van der Waals surface area contributed by atoms with Crippen LogP contribution in [-0.2, 0) is 19.4 Å². The minimum atomic E-state index is 0.229. The van der Waals surface area contributed by atoms with Gasteiger partial charge in [-0.1, -0.05) is 6.42 Å². The van der Waals surface area contributed by atoms with Crippen LogP contribution in [0.25, 0.3) is 0 Å². The number of aromatic amines is 1. The van der Waals surface area contributed by atoms with Crippen molar-refractivity contribution in [2.45, 2.75) is 57.5 Å². The highest BCUT2D eigenvalue weighted by Crippen LogP contribution is 2.16. The lowest BCUT2D eigenvalue weighted by Crippen LogP contribution is -2.39. The van der Waals surface area contributed by atoms with E-state index in [4.69, 9.17) is 0 Å². The zero-order chi connectivity index (χ0) is 11.7. The van der Waals surface area contributed by atoms with Crippen molar-refractivity contribution < 1.29 is 0 Å². The molecule has 3 rings (SSSR count). The third kappa shape index (κ3) is 2.18. The van der Waals surface area contributed by atoms with E-state index >= 15 is 0 Å². The van der Waals surface area contributed by atoms with Crippen LogP contribution < -0.4 is 10.9 Å². The van der Waals surface area contributed by atoms with Gasteiger partial charge in [0, 0.05) is 17.3 Å². The summed E-state index contributed by atoms with van der Waals surface area (Å²) in [6, 6.07) is 0.474. The Balaban J connectivity index is 1.78. The van der Waals surface area contributed by atoms with Gasteiger partial charge in [-0.3, -0.25) is 14.6 Å². The van der Waals surface area contributed by atoms with E-state index in [1.807, 2.05) is 4.68 Å². The Bertz CT molecular complexity index is 440. The van der Waals surface area contributed by atoms with Crippen molar-refractivity contribution in [2.24, 2.45) is 0 Å².